The quantitative estimate of drug-likeness (QED) is 0.794. The molecule has 1 aromatic heterocycles. The van der Waals surface area contributed by atoms with Crippen LogP contribution in [0.2, 0.25) is 0 Å². The van der Waals surface area contributed by atoms with E-state index in [4.69, 9.17) is 0 Å². The maximum absolute atomic E-state index is 9.89. The predicted molar refractivity (Wildman–Crippen MR) is 64.3 cm³/mol. The summed E-state index contributed by atoms with van der Waals surface area (Å²) in [6, 6.07) is 0. The molecule has 84 valence electrons. The van der Waals surface area contributed by atoms with Crippen LogP contribution < -0.4 is 5.32 Å². The van der Waals surface area contributed by atoms with E-state index in [1.807, 2.05) is 13.2 Å². The molecule has 0 saturated heterocycles. The Balaban J connectivity index is 2.46. The van der Waals surface area contributed by atoms with Gasteiger partial charge in [-0.2, -0.15) is 11.8 Å². The van der Waals surface area contributed by atoms with E-state index in [-0.39, 0.29) is 0 Å². The van der Waals surface area contributed by atoms with Gasteiger partial charge in [-0.1, -0.05) is 0 Å². The van der Waals surface area contributed by atoms with Gasteiger partial charge in [0.1, 0.15) is 0 Å². The van der Waals surface area contributed by atoms with Gasteiger partial charge in [0, 0.05) is 24.7 Å². The highest BCUT2D eigenvalue weighted by Gasteiger charge is 2.19. The lowest BCUT2D eigenvalue weighted by Gasteiger charge is -2.22. The Kier molecular flexibility index (Phi) is 4.35. The van der Waals surface area contributed by atoms with Crippen LogP contribution in [0.1, 0.15) is 12.5 Å². The van der Waals surface area contributed by atoms with Crippen molar-refractivity contribution in [2.75, 3.05) is 23.9 Å². The molecule has 2 N–H and O–H groups in total. The van der Waals surface area contributed by atoms with Gasteiger partial charge in [0.2, 0.25) is 5.95 Å². The molecule has 1 aromatic rings. The highest BCUT2D eigenvalue weighted by molar-refractivity contribution is 7.98. The Morgan fingerprint density at radius 3 is 2.60 bits per heavy atom. The highest BCUT2D eigenvalue weighted by atomic mass is 32.2. The molecule has 0 bridgehead atoms. The summed E-state index contributed by atoms with van der Waals surface area (Å²) in [6.45, 7) is 4.19. The van der Waals surface area contributed by atoms with Crippen molar-refractivity contribution in [3.8, 4) is 0 Å². The smallest absolute Gasteiger partial charge is 0.222 e. The van der Waals surface area contributed by atoms with Crippen LogP contribution in [0.4, 0.5) is 5.95 Å². The molecule has 1 atom stereocenters. The summed E-state index contributed by atoms with van der Waals surface area (Å²) in [5.74, 6) is 1.24. The summed E-state index contributed by atoms with van der Waals surface area (Å²) in [7, 11) is 0. The predicted octanol–water partition coefficient (Wildman–Crippen LogP) is 1.31. The largest absolute Gasteiger partial charge is 0.387 e. The van der Waals surface area contributed by atoms with Gasteiger partial charge in [-0.3, -0.25) is 0 Å². The van der Waals surface area contributed by atoms with Gasteiger partial charge >= 0.3 is 0 Å². The van der Waals surface area contributed by atoms with Crippen LogP contribution in [0.15, 0.2) is 12.4 Å². The van der Waals surface area contributed by atoms with Gasteiger partial charge in [0.25, 0.3) is 0 Å². The molecule has 0 aliphatic heterocycles. The Hall–Kier alpha value is -0.810. The van der Waals surface area contributed by atoms with Crippen molar-refractivity contribution in [2.24, 2.45) is 0 Å². The Bertz CT molecular complexity index is 300. The second-order valence-electron chi connectivity index (χ2n) is 3.87. The number of aromatic nitrogens is 2. The number of hydrogen-bond acceptors (Lipinski definition) is 5. The van der Waals surface area contributed by atoms with Crippen LogP contribution in [0.3, 0.4) is 0 Å². The van der Waals surface area contributed by atoms with Gasteiger partial charge in [-0.05, 0) is 25.7 Å². The molecule has 0 spiro atoms. The average molecular weight is 227 g/mol. The monoisotopic (exact) mass is 227 g/mol. The molecule has 0 aromatic carbocycles. The lowest BCUT2D eigenvalue weighted by atomic mass is 10.1. The van der Waals surface area contributed by atoms with E-state index in [0.717, 1.165) is 5.56 Å². The summed E-state index contributed by atoms with van der Waals surface area (Å²) in [5, 5.41) is 12.9. The molecule has 0 fully saturated rings. The number of nitrogens with one attached hydrogen (secondary N) is 1. The molecule has 1 heterocycles. The minimum absolute atomic E-state index is 0.455. The fourth-order valence-corrected chi connectivity index (χ4v) is 1.84. The normalized spacial score (nSPS) is 14.7. The lowest BCUT2D eigenvalue weighted by Crippen LogP contribution is -2.36. The number of aliphatic hydroxyl groups is 1. The SMILES string of the molecule is CSCC(C)(O)CNc1ncc(C)cn1. The zero-order valence-corrected chi connectivity index (χ0v) is 10.1. The molecule has 4 nitrogen and oxygen atoms in total. The second-order valence-corrected chi connectivity index (χ2v) is 4.73. The first-order valence-corrected chi connectivity index (χ1v) is 6.17. The van der Waals surface area contributed by atoms with Crippen molar-refractivity contribution in [3.05, 3.63) is 18.0 Å². The molecular weight excluding hydrogens is 210 g/mol. The highest BCUT2D eigenvalue weighted by Crippen LogP contribution is 2.11. The third-order valence-electron chi connectivity index (χ3n) is 1.86. The first-order chi connectivity index (χ1) is 7.03. The molecule has 0 aliphatic carbocycles. The molecule has 0 radical (unpaired) electrons. The number of hydrogen-bond donors (Lipinski definition) is 2. The minimum Gasteiger partial charge on any atom is -0.387 e. The van der Waals surface area contributed by atoms with Gasteiger partial charge in [0.05, 0.1) is 5.60 Å². The first kappa shape index (κ1) is 12.3. The maximum atomic E-state index is 9.89. The van der Waals surface area contributed by atoms with Crippen molar-refractivity contribution in [1.82, 2.24) is 9.97 Å². The van der Waals surface area contributed by atoms with E-state index in [2.05, 4.69) is 15.3 Å². The van der Waals surface area contributed by atoms with E-state index in [1.54, 1.807) is 31.1 Å². The van der Waals surface area contributed by atoms with Crippen LogP contribution in [0.5, 0.6) is 0 Å². The second kappa shape index (κ2) is 5.32. The molecule has 1 unspecified atom stereocenters. The Morgan fingerprint density at radius 2 is 2.07 bits per heavy atom. The number of anilines is 1. The first-order valence-electron chi connectivity index (χ1n) is 4.77. The van der Waals surface area contributed by atoms with E-state index in [1.165, 1.54) is 0 Å². The molecule has 0 saturated carbocycles. The molecule has 15 heavy (non-hydrogen) atoms. The van der Waals surface area contributed by atoms with Crippen molar-refractivity contribution in [1.29, 1.82) is 0 Å². The van der Waals surface area contributed by atoms with E-state index in [0.29, 0.717) is 18.2 Å². The van der Waals surface area contributed by atoms with Crippen LogP contribution in [-0.2, 0) is 0 Å². The van der Waals surface area contributed by atoms with Gasteiger partial charge in [0.15, 0.2) is 0 Å². The lowest BCUT2D eigenvalue weighted by molar-refractivity contribution is 0.0995. The van der Waals surface area contributed by atoms with Crippen molar-refractivity contribution >= 4 is 17.7 Å². The molecule has 0 aliphatic rings. The topological polar surface area (TPSA) is 58.0 Å². The summed E-state index contributed by atoms with van der Waals surface area (Å²) in [6.07, 6.45) is 5.47. The zero-order chi connectivity index (χ0) is 11.3. The molecule has 0 amide bonds. The zero-order valence-electron chi connectivity index (χ0n) is 9.32. The van der Waals surface area contributed by atoms with Crippen LogP contribution in [-0.4, -0.2) is 39.2 Å². The van der Waals surface area contributed by atoms with E-state index in [9.17, 15) is 5.11 Å². The van der Waals surface area contributed by atoms with Crippen molar-refractivity contribution < 1.29 is 5.11 Å². The molecule has 5 heteroatoms. The summed E-state index contributed by atoms with van der Waals surface area (Å²) >= 11 is 1.62. The van der Waals surface area contributed by atoms with Crippen molar-refractivity contribution in [3.63, 3.8) is 0 Å². The third-order valence-corrected chi connectivity index (χ3v) is 2.77. The molecular formula is C10H17N3OS. The number of thioether (sulfide) groups is 1. The third kappa shape index (κ3) is 4.48. The summed E-state index contributed by atoms with van der Waals surface area (Å²) < 4.78 is 0. The number of rotatable bonds is 5. The fraction of sp³-hybridized carbons (Fsp3) is 0.600. The van der Waals surface area contributed by atoms with Crippen molar-refractivity contribution in [2.45, 2.75) is 19.4 Å². The van der Waals surface area contributed by atoms with E-state index < -0.39 is 5.60 Å². The minimum atomic E-state index is -0.729. The van der Waals surface area contributed by atoms with Gasteiger partial charge < -0.3 is 10.4 Å². The van der Waals surface area contributed by atoms with Crippen LogP contribution in [0, 0.1) is 6.92 Å². The average Bonchev–Trinajstić information content (AvgIpc) is 2.17. The number of aryl methyl sites for hydroxylation is 1. The summed E-state index contributed by atoms with van der Waals surface area (Å²) in [5.41, 5.74) is 0.296. The Morgan fingerprint density at radius 1 is 1.47 bits per heavy atom. The standard InChI is InChI=1S/C10H17N3OS/c1-8-4-11-9(12-5-8)13-6-10(2,14)7-15-3/h4-5,14H,6-7H2,1-3H3,(H,11,12,13). The van der Waals surface area contributed by atoms with Gasteiger partial charge in [-0.25, -0.2) is 9.97 Å². The van der Waals surface area contributed by atoms with Crippen LogP contribution >= 0.6 is 11.8 Å². The van der Waals surface area contributed by atoms with Crippen LogP contribution in [0.25, 0.3) is 0 Å². The fourth-order valence-electron chi connectivity index (χ4n) is 1.12. The Labute approximate surface area is 94.5 Å². The van der Waals surface area contributed by atoms with E-state index >= 15 is 0 Å². The summed E-state index contributed by atoms with van der Waals surface area (Å²) in [4.78, 5) is 8.20. The number of nitrogens with zero attached hydrogens (tertiary/aromatic N) is 2. The van der Waals surface area contributed by atoms with Gasteiger partial charge in [-0.15, -0.1) is 0 Å². The maximum Gasteiger partial charge on any atom is 0.222 e. The molecule has 1 rings (SSSR count).